The van der Waals surface area contributed by atoms with Crippen LogP contribution in [0, 0.1) is 13.8 Å². The number of hydrogen-bond acceptors (Lipinski definition) is 2. The molecule has 0 spiro atoms. The maximum absolute atomic E-state index is 10.9. The molecule has 0 unspecified atom stereocenters. The number of rotatable bonds is 3. The van der Waals surface area contributed by atoms with E-state index in [1.54, 1.807) is 0 Å². The van der Waals surface area contributed by atoms with Gasteiger partial charge in [-0.2, -0.15) is 0 Å². The minimum absolute atomic E-state index is 0.212. The van der Waals surface area contributed by atoms with Crippen molar-refractivity contribution in [2.45, 2.75) is 20.4 Å². The van der Waals surface area contributed by atoms with E-state index in [2.05, 4.69) is 0 Å². The van der Waals surface area contributed by atoms with Crippen molar-refractivity contribution >= 4 is 9.84 Å². The SMILES string of the molecule is Cc1ccc(C)n1CCS(C)(=O)=O. The summed E-state index contributed by atoms with van der Waals surface area (Å²) in [4.78, 5) is 0. The van der Waals surface area contributed by atoms with Gasteiger partial charge in [0.2, 0.25) is 0 Å². The first-order valence-corrected chi connectivity index (χ1v) is 6.26. The van der Waals surface area contributed by atoms with Crippen LogP contribution in [-0.2, 0) is 16.4 Å². The van der Waals surface area contributed by atoms with Crippen LogP contribution in [0.3, 0.4) is 0 Å². The number of aryl methyl sites for hydroxylation is 2. The standard InChI is InChI=1S/C9H15NO2S/c1-8-4-5-9(2)10(8)6-7-13(3,11)12/h4-5H,6-7H2,1-3H3. The molecule has 13 heavy (non-hydrogen) atoms. The predicted octanol–water partition coefficient (Wildman–Crippen LogP) is 1.15. The zero-order valence-electron chi connectivity index (χ0n) is 8.24. The monoisotopic (exact) mass is 201 g/mol. The van der Waals surface area contributed by atoms with Crippen molar-refractivity contribution in [2.75, 3.05) is 12.0 Å². The molecule has 0 atom stereocenters. The van der Waals surface area contributed by atoms with Crippen LogP contribution in [0.1, 0.15) is 11.4 Å². The van der Waals surface area contributed by atoms with Crippen LogP contribution in [0.15, 0.2) is 12.1 Å². The van der Waals surface area contributed by atoms with Gasteiger partial charge in [-0.05, 0) is 26.0 Å². The van der Waals surface area contributed by atoms with Gasteiger partial charge in [0, 0.05) is 24.2 Å². The summed E-state index contributed by atoms with van der Waals surface area (Å²) in [5, 5.41) is 0. The fraction of sp³-hybridized carbons (Fsp3) is 0.556. The zero-order chi connectivity index (χ0) is 10.1. The Labute approximate surface area is 79.3 Å². The molecular weight excluding hydrogens is 186 g/mol. The fourth-order valence-electron chi connectivity index (χ4n) is 1.31. The molecule has 3 nitrogen and oxygen atoms in total. The van der Waals surface area contributed by atoms with Crippen LogP contribution in [0.5, 0.6) is 0 Å². The van der Waals surface area contributed by atoms with Crippen molar-refractivity contribution in [2.24, 2.45) is 0 Å². The molecule has 0 aliphatic carbocycles. The van der Waals surface area contributed by atoms with Crippen LogP contribution in [-0.4, -0.2) is 25.0 Å². The van der Waals surface area contributed by atoms with E-state index in [0.717, 1.165) is 11.4 Å². The lowest BCUT2D eigenvalue weighted by atomic mass is 10.5. The van der Waals surface area contributed by atoms with E-state index in [-0.39, 0.29) is 5.75 Å². The van der Waals surface area contributed by atoms with Crippen LogP contribution >= 0.6 is 0 Å². The second kappa shape index (κ2) is 3.54. The van der Waals surface area contributed by atoms with Crippen LogP contribution in [0.4, 0.5) is 0 Å². The third-order valence-electron chi connectivity index (χ3n) is 2.10. The summed E-state index contributed by atoms with van der Waals surface area (Å²) < 4.78 is 23.9. The van der Waals surface area contributed by atoms with Crippen molar-refractivity contribution in [1.29, 1.82) is 0 Å². The Bertz CT molecular complexity index is 370. The van der Waals surface area contributed by atoms with E-state index in [9.17, 15) is 8.42 Å². The molecule has 0 aliphatic heterocycles. The van der Waals surface area contributed by atoms with Gasteiger partial charge in [-0.1, -0.05) is 0 Å². The van der Waals surface area contributed by atoms with Gasteiger partial charge < -0.3 is 4.57 Å². The minimum atomic E-state index is -2.85. The molecule has 4 heteroatoms. The van der Waals surface area contributed by atoms with E-state index < -0.39 is 9.84 Å². The average Bonchev–Trinajstić information content (AvgIpc) is 2.27. The maximum atomic E-state index is 10.9. The van der Waals surface area contributed by atoms with Gasteiger partial charge in [0.15, 0.2) is 0 Å². The van der Waals surface area contributed by atoms with Crippen molar-refractivity contribution in [3.05, 3.63) is 23.5 Å². The molecular formula is C9H15NO2S. The lowest BCUT2D eigenvalue weighted by Gasteiger charge is -2.07. The van der Waals surface area contributed by atoms with Gasteiger partial charge >= 0.3 is 0 Å². The number of hydrogen-bond donors (Lipinski definition) is 0. The molecule has 74 valence electrons. The smallest absolute Gasteiger partial charge is 0.149 e. The maximum Gasteiger partial charge on any atom is 0.149 e. The lowest BCUT2D eigenvalue weighted by molar-refractivity contribution is 0.592. The van der Waals surface area contributed by atoms with Gasteiger partial charge in [0.1, 0.15) is 9.84 Å². The number of sulfone groups is 1. The number of nitrogens with zero attached hydrogens (tertiary/aromatic N) is 1. The molecule has 1 aromatic rings. The largest absolute Gasteiger partial charge is 0.348 e. The third-order valence-corrected chi connectivity index (χ3v) is 3.03. The predicted molar refractivity (Wildman–Crippen MR) is 53.6 cm³/mol. The Morgan fingerprint density at radius 3 is 2.08 bits per heavy atom. The molecule has 0 aliphatic rings. The van der Waals surface area contributed by atoms with Crippen molar-refractivity contribution in [1.82, 2.24) is 4.57 Å². The van der Waals surface area contributed by atoms with Crippen LogP contribution in [0.25, 0.3) is 0 Å². The molecule has 0 fully saturated rings. The summed E-state index contributed by atoms with van der Waals surface area (Å²) in [7, 11) is -2.85. The first-order chi connectivity index (χ1) is 5.90. The molecule has 0 bridgehead atoms. The van der Waals surface area contributed by atoms with E-state index >= 15 is 0 Å². The van der Waals surface area contributed by atoms with E-state index in [4.69, 9.17) is 0 Å². The van der Waals surface area contributed by atoms with Gasteiger partial charge in [-0.3, -0.25) is 0 Å². The van der Waals surface area contributed by atoms with Crippen LogP contribution in [0.2, 0.25) is 0 Å². The highest BCUT2D eigenvalue weighted by Crippen LogP contribution is 2.06. The molecule has 0 N–H and O–H groups in total. The molecule has 0 amide bonds. The highest BCUT2D eigenvalue weighted by molar-refractivity contribution is 7.90. The minimum Gasteiger partial charge on any atom is -0.348 e. The van der Waals surface area contributed by atoms with Crippen molar-refractivity contribution in [3.63, 3.8) is 0 Å². The summed E-state index contributed by atoms with van der Waals surface area (Å²) in [6, 6.07) is 4.00. The molecule has 0 radical (unpaired) electrons. The summed E-state index contributed by atoms with van der Waals surface area (Å²) in [5.41, 5.74) is 2.22. The average molecular weight is 201 g/mol. The second-order valence-corrected chi connectivity index (χ2v) is 5.66. The Kier molecular flexibility index (Phi) is 2.81. The van der Waals surface area contributed by atoms with E-state index in [0.29, 0.717) is 6.54 Å². The first kappa shape index (κ1) is 10.3. The summed E-state index contributed by atoms with van der Waals surface area (Å²) in [5.74, 6) is 0.212. The fourth-order valence-corrected chi connectivity index (χ4v) is 1.82. The summed E-state index contributed by atoms with van der Waals surface area (Å²) >= 11 is 0. The Balaban J connectivity index is 2.75. The van der Waals surface area contributed by atoms with E-state index in [1.807, 2.05) is 30.5 Å². The van der Waals surface area contributed by atoms with Gasteiger partial charge in [-0.15, -0.1) is 0 Å². The molecule has 0 saturated carbocycles. The third kappa shape index (κ3) is 2.88. The quantitative estimate of drug-likeness (QED) is 0.736. The Morgan fingerprint density at radius 2 is 1.69 bits per heavy atom. The molecule has 0 saturated heterocycles. The Morgan fingerprint density at radius 1 is 1.23 bits per heavy atom. The summed E-state index contributed by atoms with van der Waals surface area (Å²) in [6.07, 6.45) is 1.27. The normalized spacial score (nSPS) is 11.9. The highest BCUT2D eigenvalue weighted by Gasteiger charge is 2.05. The number of aromatic nitrogens is 1. The molecule has 1 aromatic heterocycles. The first-order valence-electron chi connectivity index (χ1n) is 4.20. The molecule has 0 aromatic carbocycles. The van der Waals surface area contributed by atoms with Gasteiger partial charge in [0.25, 0.3) is 0 Å². The van der Waals surface area contributed by atoms with E-state index in [1.165, 1.54) is 6.26 Å². The lowest BCUT2D eigenvalue weighted by Crippen LogP contribution is -2.12. The molecule has 1 heterocycles. The summed E-state index contributed by atoms with van der Waals surface area (Å²) in [6.45, 7) is 4.52. The van der Waals surface area contributed by atoms with Gasteiger partial charge in [-0.25, -0.2) is 8.42 Å². The Hall–Kier alpha value is -0.770. The highest BCUT2D eigenvalue weighted by atomic mass is 32.2. The van der Waals surface area contributed by atoms with Gasteiger partial charge in [0.05, 0.1) is 5.75 Å². The topological polar surface area (TPSA) is 39.1 Å². The molecule has 1 rings (SSSR count). The van der Waals surface area contributed by atoms with Crippen LogP contribution < -0.4 is 0 Å². The zero-order valence-corrected chi connectivity index (χ0v) is 9.06. The second-order valence-electron chi connectivity index (χ2n) is 3.40. The van der Waals surface area contributed by atoms with Crippen molar-refractivity contribution in [3.8, 4) is 0 Å². The van der Waals surface area contributed by atoms with Crippen molar-refractivity contribution < 1.29 is 8.42 Å².